The Morgan fingerprint density at radius 3 is 2.85 bits per heavy atom. The van der Waals surface area contributed by atoms with Crippen molar-refractivity contribution in [3.63, 3.8) is 0 Å². The normalized spacial score (nSPS) is 26.5. The minimum Gasteiger partial charge on any atom is -0.480 e. The van der Waals surface area contributed by atoms with E-state index in [2.05, 4.69) is 20.2 Å². The van der Waals surface area contributed by atoms with Gasteiger partial charge < -0.3 is 20.4 Å². The zero-order valence-corrected chi connectivity index (χ0v) is 14.9. The summed E-state index contributed by atoms with van der Waals surface area (Å²) in [5, 5.41) is 22.2. The van der Waals surface area contributed by atoms with Gasteiger partial charge in [-0.2, -0.15) is 0 Å². The number of amides is 1. The van der Waals surface area contributed by atoms with Crippen LogP contribution in [-0.2, 0) is 16.1 Å². The molecule has 1 amide bonds. The van der Waals surface area contributed by atoms with Gasteiger partial charge in [-0.05, 0) is 19.3 Å². The van der Waals surface area contributed by atoms with Gasteiger partial charge in [-0.15, -0.1) is 0 Å². The van der Waals surface area contributed by atoms with E-state index in [9.17, 15) is 14.7 Å². The maximum Gasteiger partial charge on any atom is 0.323 e. The van der Waals surface area contributed by atoms with Crippen LogP contribution >= 0.6 is 0 Å². The molecule has 3 heterocycles. The predicted molar refractivity (Wildman–Crippen MR) is 93.5 cm³/mol. The summed E-state index contributed by atoms with van der Waals surface area (Å²) in [5.74, 6) is -0.640. The number of nitrogens with zero attached hydrogens (tertiary/aromatic N) is 4. The molecule has 3 N–H and O–H groups in total. The summed E-state index contributed by atoms with van der Waals surface area (Å²) in [4.78, 5) is 35.2. The molecule has 2 fully saturated rings. The van der Waals surface area contributed by atoms with Crippen LogP contribution in [0.1, 0.15) is 24.8 Å². The highest BCUT2D eigenvalue weighted by molar-refractivity contribution is 5.84. The number of anilines is 1. The van der Waals surface area contributed by atoms with Gasteiger partial charge in [0.1, 0.15) is 6.54 Å². The van der Waals surface area contributed by atoms with Gasteiger partial charge in [0.2, 0.25) is 11.9 Å². The van der Waals surface area contributed by atoms with E-state index < -0.39 is 17.5 Å². The number of aliphatic hydroxyl groups is 1. The molecule has 0 aromatic carbocycles. The van der Waals surface area contributed by atoms with Crippen molar-refractivity contribution in [3.05, 3.63) is 18.0 Å². The number of aliphatic carboxylic acids is 1. The van der Waals surface area contributed by atoms with E-state index in [1.54, 1.807) is 19.4 Å². The molecule has 1 aromatic heterocycles. The maximum atomic E-state index is 12.4. The van der Waals surface area contributed by atoms with Crippen molar-refractivity contribution in [1.29, 1.82) is 0 Å². The van der Waals surface area contributed by atoms with Crippen molar-refractivity contribution in [2.24, 2.45) is 5.41 Å². The largest absolute Gasteiger partial charge is 0.480 e. The van der Waals surface area contributed by atoms with Crippen molar-refractivity contribution in [3.8, 4) is 0 Å². The molecule has 2 atom stereocenters. The molecule has 26 heavy (non-hydrogen) atoms. The van der Waals surface area contributed by atoms with Crippen molar-refractivity contribution in [2.45, 2.75) is 31.9 Å². The van der Waals surface area contributed by atoms with Crippen molar-refractivity contribution >= 4 is 17.8 Å². The number of rotatable bonds is 5. The minimum atomic E-state index is -0.942. The molecule has 142 valence electrons. The number of aliphatic hydroxyl groups excluding tert-OH is 1. The van der Waals surface area contributed by atoms with Gasteiger partial charge in [-0.3, -0.25) is 14.5 Å². The summed E-state index contributed by atoms with van der Waals surface area (Å²) in [5.41, 5.74) is 0.166. The molecule has 1 spiro atoms. The first-order chi connectivity index (χ1) is 12.4. The van der Waals surface area contributed by atoms with Gasteiger partial charge >= 0.3 is 5.97 Å². The van der Waals surface area contributed by atoms with Crippen LogP contribution in [0.2, 0.25) is 0 Å². The molecule has 0 radical (unpaired) electrons. The summed E-state index contributed by atoms with van der Waals surface area (Å²) in [6.45, 7) is 2.32. The van der Waals surface area contributed by atoms with Crippen LogP contribution in [0, 0.1) is 5.41 Å². The molecule has 0 bridgehead atoms. The number of hydrogen-bond acceptors (Lipinski definition) is 7. The highest BCUT2D eigenvalue weighted by atomic mass is 16.4. The quantitative estimate of drug-likeness (QED) is 0.638. The van der Waals surface area contributed by atoms with E-state index in [-0.39, 0.29) is 12.5 Å². The van der Waals surface area contributed by atoms with E-state index in [0.717, 1.165) is 12.0 Å². The zero-order valence-electron chi connectivity index (χ0n) is 14.9. The lowest BCUT2D eigenvalue weighted by molar-refractivity contribution is -0.149. The number of likely N-dealkylation sites (N-methyl/N-ethyl adjacent to an activating group) is 1. The highest BCUT2D eigenvalue weighted by Gasteiger charge is 2.49. The molecular weight excluding hydrogens is 338 g/mol. The zero-order chi connectivity index (χ0) is 18.7. The molecule has 0 aliphatic carbocycles. The Hall–Kier alpha value is -2.26. The van der Waals surface area contributed by atoms with Crippen LogP contribution < -0.4 is 10.2 Å². The number of carbonyl (C=O) groups is 2. The Morgan fingerprint density at radius 2 is 2.19 bits per heavy atom. The molecule has 1 aromatic rings. The van der Waals surface area contributed by atoms with Crippen molar-refractivity contribution < 1.29 is 19.8 Å². The first-order valence-electron chi connectivity index (χ1n) is 8.83. The Morgan fingerprint density at radius 1 is 1.46 bits per heavy atom. The number of nitrogens with one attached hydrogen (secondary N) is 1. The molecule has 2 saturated heterocycles. The lowest BCUT2D eigenvalue weighted by Crippen LogP contribution is -2.61. The first kappa shape index (κ1) is 18.5. The maximum absolute atomic E-state index is 12.4. The third-order valence-electron chi connectivity index (χ3n) is 5.21. The second-order valence-corrected chi connectivity index (χ2v) is 7.17. The molecular formula is C17H25N5O4. The SMILES string of the molecule is CN(CC(=O)O)c1ncc(CN2CC[C@H](O)[C@@]3(CCCNC3=O)C2)cn1. The fourth-order valence-corrected chi connectivity index (χ4v) is 3.82. The van der Waals surface area contributed by atoms with E-state index in [0.29, 0.717) is 45.0 Å². The number of likely N-dealkylation sites (tertiary alicyclic amines) is 1. The summed E-state index contributed by atoms with van der Waals surface area (Å²) < 4.78 is 0. The van der Waals surface area contributed by atoms with Gasteiger partial charge in [0.05, 0.1) is 11.5 Å². The topological polar surface area (TPSA) is 119 Å². The number of carboxylic acids is 1. The van der Waals surface area contributed by atoms with Gasteiger partial charge in [-0.25, -0.2) is 9.97 Å². The standard InChI is InChI=1S/C17H25N5O4/c1-21(10-14(24)25)16-19-7-12(8-20-16)9-22-6-3-13(23)17(11-22)4-2-5-18-15(17)26/h7-8,13,23H,2-6,9-11H2,1H3,(H,18,26)(H,24,25)/t13-,17+/m0/s1. The summed E-state index contributed by atoms with van der Waals surface area (Å²) in [6, 6.07) is 0. The number of hydrogen-bond donors (Lipinski definition) is 3. The van der Waals surface area contributed by atoms with Gasteiger partial charge in [0, 0.05) is 51.2 Å². The third kappa shape index (κ3) is 3.78. The van der Waals surface area contributed by atoms with Crippen LogP contribution in [-0.4, -0.2) is 76.3 Å². The number of carbonyl (C=O) groups excluding carboxylic acids is 1. The van der Waals surface area contributed by atoms with Gasteiger partial charge in [-0.1, -0.05) is 0 Å². The van der Waals surface area contributed by atoms with E-state index in [1.165, 1.54) is 4.90 Å². The molecule has 0 unspecified atom stereocenters. The Bertz CT molecular complexity index is 668. The molecule has 3 rings (SSSR count). The smallest absolute Gasteiger partial charge is 0.323 e. The van der Waals surface area contributed by atoms with Gasteiger partial charge in [0.15, 0.2) is 0 Å². The second-order valence-electron chi connectivity index (χ2n) is 7.17. The minimum absolute atomic E-state index is 0.0529. The lowest BCUT2D eigenvalue weighted by Gasteiger charge is -2.46. The second kappa shape index (κ2) is 7.55. The fraction of sp³-hybridized carbons (Fsp3) is 0.647. The highest BCUT2D eigenvalue weighted by Crippen LogP contribution is 2.37. The lowest BCUT2D eigenvalue weighted by atomic mass is 9.71. The molecule has 0 saturated carbocycles. The summed E-state index contributed by atoms with van der Waals surface area (Å²) in [6.07, 6.45) is 4.89. The molecule has 2 aliphatic rings. The van der Waals surface area contributed by atoms with E-state index in [4.69, 9.17) is 5.11 Å². The van der Waals surface area contributed by atoms with Crippen molar-refractivity contribution in [1.82, 2.24) is 20.2 Å². The molecule has 2 aliphatic heterocycles. The van der Waals surface area contributed by atoms with Crippen LogP contribution in [0.25, 0.3) is 0 Å². The monoisotopic (exact) mass is 363 g/mol. The number of carboxylic acid groups (broad SMARTS) is 1. The number of aromatic nitrogens is 2. The molecule has 9 heteroatoms. The fourth-order valence-electron chi connectivity index (χ4n) is 3.82. The van der Waals surface area contributed by atoms with Crippen LogP contribution in [0.5, 0.6) is 0 Å². The first-order valence-corrected chi connectivity index (χ1v) is 8.83. The predicted octanol–water partition coefficient (Wildman–Crippen LogP) is -0.540. The number of piperidine rings is 2. The summed E-state index contributed by atoms with van der Waals surface area (Å²) >= 11 is 0. The third-order valence-corrected chi connectivity index (χ3v) is 5.21. The average Bonchev–Trinajstić information content (AvgIpc) is 2.60. The Kier molecular flexibility index (Phi) is 5.38. The van der Waals surface area contributed by atoms with E-state index in [1.807, 2.05) is 0 Å². The Labute approximate surface area is 152 Å². The summed E-state index contributed by atoms with van der Waals surface area (Å²) in [7, 11) is 1.63. The molecule has 9 nitrogen and oxygen atoms in total. The van der Waals surface area contributed by atoms with Crippen LogP contribution in [0.3, 0.4) is 0 Å². The van der Waals surface area contributed by atoms with Gasteiger partial charge in [0.25, 0.3) is 0 Å². The van der Waals surface area contributed by atoms with Crippen LogP contribution in [0.4, 0.5) is 5.95 Å². The van der Waals surface area contributed by atoms with Crippen molar-refractivity contribution in [2.75, 3.05) is 38.1 Å². The average molecular weight is 363 g/mol. The van der Waals surface area contributed by atoms with E-state index >= 15 is 0 Å². The Balaban J connectivity index is 1.65. The van der Waals surface area contributed by atoms with Crippen LogP contribution in [0.15, 0.2) is 12.4 Å².